The van der Waals surface area contributed by atoms with E-state index in [-0.39, 0.29) is 11.6 Å². The number of anilines is 1. The molecule has 0 radical (unpaired) electrons. The molecule has 0 unspecified atom stereocenters. The molecule has 1 aliphatic heterocycles. The van der Waals surface area contributed by atoms with Crippen LogP contribution in [0.2, 0.25) is 0 Å². The molecule has 10 heteroatoms. The fraction of sp³-hybridized carbons (Fsp3) is 0.524. The molecule has 2 heterocycles. The molecule has 10 nitrogen and oxygen atoms in total. The Labute approximate surface area is 181 Å². The largest absolute Gasteiger partial charge is 0.383 e. The third-order valence-electron chi connectivity index (χ3n) is 5.76. The molecule has 1 N–H and O–H groups in total. The number of carbonyl (C=O) groups is 1. The highest BCUT2D eigenvalue weighted by Crippen LogP contribution is 2.26. The molecule has 2 aromatic rings. The van der Waals surface area contributed by atoms with Crippen molar-refractivity contribution < 1.29 is 14.5 Å². The molecule has 0 saturated carbocycles. The van der Waals surface area contributed by atoms with Crippen LogP contribution in [0.3, 0.4) is 0 Å². The number of nitrogens with one attached hydrogen (secondary N) is 1. The number of aromatic nitrogens is 2. The van der Waals surface area contributed by atoms with E-state index in [1.165, 1.54) is 11.6 Å². The number of ether oxygens (including phenoxy) is 1. The molecule has 1 saturated heterocycles. The lowest BCUT2D eigenvalue weighted by Crippen LogP contribution is -2.48. The van der Waals surface area contributed by atoms with Gasteiger partial charge in [0.25, 0.3) is 11.6 Å². The molecule has 1 amide bonds. The van der Waals surface area contributed by atoms with Crippen LogP contribution in [0.4, 0.5) is 11.4 Å². The normalized spacial score (nSPS) is 14.6. The lowest BCUT2D eigenvalue weighted by atomic mass is 10.1. The van der Waals surface area contributed by atoms with Crippen molar-refractivity contribution in [3.63, 3.8) is 0 Å². The third kappa shape index (κ3) is 5.20. The van der Waals surface area contributed by atoms with E-state index >= 15 is 0 Å². The molecule has 1 aromatic carbocycles. The van der Waals surface area contributed by atoms with Gasteiger partial charge in [0.2, 0.25) is 0 Å². The van der Waals surface area contributed by atoms with Crippen molar-refractivity contribution >= 4 is 17.3 Å². The van der Waals surface area contributed by atoms with Crippen LogP contribution in [0, 0.1) is 24.0 Å². The molecule has 0 atom stereocenters. The van der Waals surface area contributed by atoms with Crippen LogP contribution in [-0.2, 0) is 18.3 Å². The summed E-state index contributed by atoms with van der Waals surface area (Å²) in [4.78, 5) is 28.0. The average Bonchev–Trinajstić information content (AvgIpc) is 3.00. The number of nitro groups is 1. The maximum absolute atomic E-state index is 13.0. The Balaban J connectivity index is 1.63. The standard InChI is InChI=1S/C21H30N6O4/c1-15-18(16(2)24(3)23-15)14-25-8-10-26(11-9-25)21(28)17-5-6-19(22-7-12-31-4)20(13-17)27(29)30/h5-6,13,22H,7-12,14H2,1-4H3. The van der Waals surface area contributed by atoms with Crippen molar-refractivity contribution in [1.82, 2.24) is 19.6 Å². The first-order chi connectivity index (χ1) is 14.8. The second kappa shape index (κ2) is 9.88. The summed E-state index contributed by atoms with van der Waals surface area (Å²) < 4.78 is 6.86. The van der Waals surface area contributed by atoms with Crippen molar-refractivity contribution in [2.24, 2.45) is 7.05 Å². The number of nitro benzene ring substituents is 1. The summed E-state index contributed by atoms with van der Waals surface area (Å²) in [5.41, 5.74) is 4.02. The van der Waals surface area contributed by atoms with E-state index in [1.807, 2.05) is 18.7 Å². The number of benzene rings is 1. The van der Waals surface area contributed by atoms with Gasteiger partial charge in [-0.2, -0.15) is 5.10 Å². The quantitative estimate of drug-likeness (QED) is 0.388. The number of amides is 1. The Morgan fingerprint density at radius 3 is 2.55 bits per heavy atom. The molecule has 1 aromatic heterocycles. The maximum atomic E-state index is 13.0. The maximum Gasteiger partial charge on any atom is 0.293 e. The van der Waals surface area contributed by atoms with Crippen LogP contribution in [-0.4, -0.2) is 76.9 Å². The lowest BCUT2D eigenvalue weighted by molar-refractivity contribution is -0.384. The second-order valence-corrected chi connectivity index (χ2v) is 7.75. The van der Waals surface area contributed by atoms with E-state index in [0.717, 1.165) is 31.0 Å². The Morgan fingerprint density at radius 2 is 1.97 bits per heavy atom. The monoisotopic (exact) mass is 430 g/mol. The van der Waals surface area contributed by atoms with Crippen molar-refractivity contribution in [3.8, 4) is 0 Å². The summed E-state index contributed by atoms with van der Waals surface area (Å²) in [6.45, 7) is 8.43. The zero-order valence-corrected chi connectivity index (χ0v) is 18.6. The van der Waals surface area contributed by atoms with Crippen LogP contribution in [0.1, 0.15) is 27.3 Å². The minimum absolute atomic E-state index is 0.108. The summed E-state index contributed by atoms with van der Waals surface area (Å²) >= 11 is 0. The second-order valence-electron chi connectivity index (χ2n) is 7.75. The van der Waals surface area contributed by atoms with Gasteiger partial charge in [-0.15, -0.1) is 0 Å². The summed E-state index contributed by atoms with van der Waals surface area (Å²) in [5, 5.41) is 18.9. The molecule has 3 rings (SSSR count). The number of hydrogen-bond donors (Lipinski definition) is 1. The molecule has 1 aliphatic rings. The van der Waals surface area contributed by atoms with Crippen LogP contribution >= 0.6 is 0 Å². The zero-order chi connectivity index (χ0) is 22.5. The van der Waals surface area contributed by atoms with Crippen LogP contribution in [0.25, 0.3) is 0 Å². The average molecular weight is 431 g/mol. The van der Waals surface area contributed by atoms with E-state index < -0.39 is 4.92 Å². The van der Waals surface area contributed by atoms with Crippen molar-refractivity contribution in [3.05, 3.63) is 50.8 Å². The highest BCUT2D eigenvalue weighted by atomic mass is 16.6. The van der Waals surface area contributed by atoms with Gasteiger partial charge in [0, 0.05) is 76.3 Å². The zero-order valence-electron chi connectivity index (χ0n) is 18.6. The Bertz CT molecular complexity index is 950. The first kappa shape index (κ1) is 22.7. The van der Waals surface area contributed by atoms with Crippen LogP contribution < -0.4 is 5.32 Å². The molecule has 168 valence electrons. The SMILES string of the molecule is COCCNc1ccc(C(=O)N2CCN(Cc3c(C)nn(C)c3C)CC2)cc1[N+](=O)[O-]. The van der Waals surface area contributed by atoms with E-state index in [1.54, 1.807) is 24.1 Å². The van der Waals surface area contributed by atoms with Gasteiger partial charge < -0.3 is 15.0 Å². The summed E-state index contributed by atoms with van der Waals surface area (Å²) in [6.07, 6.45) is 0. The molecule has 1 fully saturated rings. The van der Waals surface area contributed by atoms with E-state index in [2.05, 4.69) is 22.2 Å². The van der Waals surface area contributed by atoms with Crippen LogP contribution in [0.15, 0.2) is 18.2 Å². The van der Waals surface area contributed by atoms with E-state index in [0.29, 0.717) is 37.5 Å². The fourth-order valence-electron chi connectivity index (χ4n) is 3.81. The number of rotatable bonds is 8. The number of carbonyl (C=O) groups excluding carboxylic acids is 1. The highest BCUT2D eigenvalue weighted by molar-refractivity contribution is 5.95. The van der Waals surface area contributed by atoms with Gasteiger partial charge in [-0.3, -0.25) is 24.5 Å². The van der Waals surface area contributed by atoms with E-state index in [9.17, 15) is 14.9 Å². The van der Waals surface area contributed by atoms with E-state index in [4.69, 9.17) is 4.74 Å². The minimum Gasteiger partial charge on any atom is -0.383 e. The van der Waals surface area contributed by atoms with Gasteiger partial charge in [0.05, 0.1) is 17.2 Å². The van der Waals surface area contributed by atoms with Crippen molar-refractivity contribution in [1.29, 1.82) is 0 Å². The molecule has 0 spiro atoms. The predicted molar refractivity (Wildman–Crippen MR) is 117 cm³/mol. The van der Waals surface area contributed by atoms with Gasteiger partial charge >= 0.3 is 0 Å². The molecular formula is C21H30N6O4. The topological polar surface area (TPSA) is 106 Å². The summed E-state index contributed by atoms with van der Waals surface area (Å²) in [7, 11) is 3.51. The van der Waals surface area contributed by atoms with Gasteiger partial charge in [-0.05, 0) is 26.0 Å². The number of piperazine rings is 1. The Kier molecular flexibility index (Phi) is 7.24. The Morgan fingerprint density at radius 1 is 1.26 bits per heavy atom. The molecule has 0 aliphatic carbocycles. The fourth-order valence-corrected chi connectivity index (χ4v) is 3.81. The number of aryl methyl sites for hydroxylation is 2. The summed E-state index contributed by atoms with van der Waals surface area (Å²) in [6, 6.07) is 4.58. The Hall–Kier alpha value is -2.98. The molecule has 31 heavy (non-hydrogen) atoms. The minimum atomic E-state index is -0.470. The van der Waals surface area contributed by atoms with Gasteiger partial charge in [0.1, 0.15) is 5.69 Å². The third-order valence-corrected chi connectivity index (χ3v) is 5.76. The molecule has 0 bridgehead atoms. The predicted octanol–water partition coefficient (Wildman–Crippen LogP) is 1.96. The van der Waals surface area contributed by atoms with Crippen molar-refractivity contribution in [2.45, 2.75) is 20.4 Å². The smallest absolute Gasteiger partial charge is 0.293 e. The molecular weight excluding hydrogens is 400 g/mol. The highest BCUT2D eigenvalue weighted by Gasteiger charge is 2.25. The van der Waals surface area contributed by atoms with Crippen LogP contribution in [0.5, 0.6) is 0 Å². The summed E-state index contributed by atoms with van der Waals surface area (Å²) in [5.74, 6) is -0.181. The van der Waals surface area contributed by atoms with Gasteiger partial charge in [-0.1, -0.05) is 0 Å². The number of hydrogen-bond acceptors (Lipinski definition) is 7. The first-order valence-electron chi connectivity index (χ1n) is 10.3. The van der Waals surface area contributed by atoms with Crippen molar-refractivity contribution in [2.75, 3.05) is 51.8 Å². The van der Waals surface area contributed by atoms with Gasteiger partial charge in [-0.25, -0.2) is 0 Å². The first-order valence-corrected chi connectivity index (χ1v) is 10.3. The number of nitrogens with zero attached hydrogens (tertiary/aromatic N) is 5. The number of methoxy groups -OCH3 is 1. The lowest BCUT2D eigenvalue weighted by Gasteiger charge is -2.34. The van der Waals surface area contributed by atoms with Gasteiger partial charge in [0.15, 0.2) is 0 Å².